The third-order valence-electron chi connectivity index (χ3n) is 2.52. The number of amides is 1. The van der Waals surface area contributed by atoms with Gasteiger partial charge in [0.2, 0.25) is 11.9 Å². The number of hydrogen-bond acceptors (Lipinski definition) is 5. The number of anilines is 2. The smallest absolute Gasteiger partial charge is 0.239 e. The molecule has 3 N–H and O–H groups in total. The van der Waals surface area contributed by atoms with Crippen LogP contribution in [0.1, 0.15) is 12.0 Å². The molecule has 0 aliphatic carbocycles. The lowest BCUT2D eigenvalue weighted by Crippen LogP contribution is -2.34. The number of nitrogen functional groups attached to an aromatic ring is 1. The molecule has 0 bridgehead atoms. The summed E-state index contributed by atoms with van der Waals surface area (Å²) in [5.41, 5.74) is 6.49. The normalized spacial score (nSPS) is 16.8. The second-order valence-corrected chi connectivity index (χ2v) is 3.86. The lowest BCUT2D eigenvalue weighted by Gasteiger charge is -2.21. The van der Waals surface area contributed by atoms with Gasteiger partial charge in [-0.15, -0.1) is 0 Å². The molecule has 1 aromatic heterocycles. The Morgan fingerprint density at radius 1 is 1.56 bits per heavy atom. The van der Waals surface area contributed by atoms with Gasteiger partial charge in [-0.1, -0.05) is 0 Å². The molecule has 6 nitrogen and oxygen atoms in total. The fourth-order valence-corrected chi connectivity index (χ4v) is 1.75. The van der Waals surface area contributed by atoms with Crippen LogP contribution in [0.3, 0.4) is 0 Å². The van der Waals surface area contributed by atoms with Crippen molar-refractivity contribution in [1.29, 1.82) is 0 Å². The van der Waals surface area contributed by atoms with Crippen molar-refractivity contribution in [3.05, 3.63) is 11.8 Å². The number of rotatable bonds is 1. The summed E-state index contributed by atoms with van der Waals surface area (Å²) >= 11 is 0. The van der Waals surface area contributed by atoms with Crippen LogP contribution >= 0.6 is 0 Å². The topological polar surface area (TPSA) is 84.1 Å². The Morgan fingerprint density at radius 2 is 2.38 bits per heavy atom. The third-order valence-corrected chi connectivity index (χ3v) is 2.52. The first-order valence-electron chi connectivity index (χ1n) is 5.27. The van der Waals surface area contributed by atoms with Gasteiger partial charge in [0.05, 0.1) is 6.54 Å². The lowest BCUT2D eigenvalue weighted by atomic mass is 10.3. The van der Waals surface area contributed by atoms with Crippen LogP contribution in [0.4, 0.5) is 11.8 Å². The maximum Gasteiger partial charge on any atom is 0.239 e. The van der Waals surface area contributed by atoms with Gasteiger partial charge in [0.25, 0.3) is 0 Å². The number of carbonyl (C=O) groups excluding carboxylic acids is 1. The SMILES string of the molecule is Cc1cnc(N)nc1N1CCCNC(=O)C1. The van der Waals surface area contributed by atoms with E-state index in [2.05, 4.69) is 15.3 Å². The summed E-state index contributed by atoms with van der Waals surface area (Å²) in [6.07, 6.45) is 2.59. The minimum absolute atomic E-state index is 0.0223. The molecule has 0 radical (unpaired) electrons. The molecular weight excluding hydrogens is 206 g/mol. The van der Waals surface area contributed by atoms with Crippen LogP contribution in [0, 0.1) is 6.92 Å². The molecule has 16 heavy (non-hydrogen) atoms. The summed E-state index contributed by atoms with van der Waals surface area (Å²) in [5.74, 6) is 1.02. The van der Waals surface area contributed by atoms with Crippen molar-refractivity contribution in [2.45, 2.75) is 13.3 Å². The summed E-state index contributed by atoms with van der Waals surface area (Å²) in [4.78, 5) is 21.5. The summed E-state index contributed by atoms with van der Waals surface area (Å²) in [7, 11) is 0. The zero-order chi connectivity index (χ0) is 11.5. The molecule has 1 aliphatic heterocycles. The van der Waals surface area contributed by atoms with Gasteiger partial charge in [-0.05, 0) is 13.3 Å². The van der Waals surface area contributed by atoms with Crippen LogP contribution in [-0.4, -0.2) is 35.5 Å². The Hall–Kier alpha value is -1.85. The van der Waals surface area contributed by atoms with Gasteiger partial charge in [-0.25, -0.2) is 4.98 Å². The van der Waals surface area contributed by atoms with Gasteiger partial charge in [0.15, 0.2) is 0 Å². The summed E-state index contributed by atoms with van der Waals surface area (Å²) in [6.45, 7) is 3.76. The predicted octanol–water partition coefficient (Wildman–Crippen LogP) is -0.306. The Morgan fingerprint density at radius 3 is 3.19 bits per heavy atom. The maximum atomic E-state index is 11.4. The van der Waals surface area contributed by atoms with Gasteiger partial charge in [0, 0.05) is 24.8 Å². The van der Waals surface area contributed by atoms with Gasteiger partial charge >= 0.3 is 0 Å². The number of carbonyl (C=O) groups is 1. The highest BCUT2D eigenvalue weighted by Crippen LogP contribution is 2.17. The van der Waals surface area contributed by atoms with Gasteiger partial charge in [-0.3, -0.25) is 4.79 Å². The molecule has 1 amide bonds. The van der Waals surface area contributed by atoms with E-state index in [9.17, 15) is 4.79 Å². The van der Waals surface area contributed by atoms with Crippen LogP contribution in [-0.2, 0) is 4.79 Å². The van der Waals surface area contributed by atoms with E-state index in [-0.39, 0.29) is 11.9 Å². The summed E-state index contributed by atoms with van der Waals surface area (Å²) < 4.78 is 0. The van der Waals surface area contributed by atoms with Crippen LogP contribution in [0.15, 0.2) is 6.20 Å². The molecule has 1 aromatic rings. The Bertz CT molecular complexity index is 406. The zero-order valence-corrected chi connectivity index (χ0v) is 9.23. The summed E-state index contributed by atoms with van der Waals surface area (Å²) in [5, 5.41) is 2.82. The number of nitrogens with two attached hydrogens (primary N) is 1. The third kappa shape index (κ3) is 2.21. The molecule has 86 valence electrons. The molecule has 2 rings (SSSR count). The minimum atomic E-state index is 0.0223. The first-order valence-corrected chi connectivity index (χ1v) is 5.27. The predicted molar refractivity (Wildman–Crippen MR) is 61.0 cm³/mol. The van der Waals surface area contributed by atoms with Crippen molar-refractivity contribution in [2.75, 3.05) is 30.3 Å². The van der Waals surface area contributed by atoms with E-state index in [0.29, 0.717) is 6.54 Å². The zero-order valence-electron chi connectivity index (χ0n) is 9.23. The van der Waals surface area contributed by atoms with Crippen LogP contribution in [0.2, 0.25) is 0 Å². The highest BCUT2D eigenvalue weighted by molar-refractivity contribution is 5.81. The average molecular weight is 221 g/mol. The molecule has 0 saturated carbocycles. The van der Waals surface area contributed by atoms with Crippen molar-refractivity contribution in [1.82, 2.24) is 15.3 Å². The largest absolute Gasteiger partial charge is 0.368 e. The summed E-state index contributed by atoms with van der Waals surface area (Å²) in [6, 6.07) is 0. The fourth-order valence-electron chi connectivity index (χ4n) is 1.75. The maximum absolute atomic E-state index is 11.4. The van der Waals surface area contributed by atoms with E-state index in [4.69, 9.17) is 5.73 Å². The quantitative estimate of drug-likeness (QED) is 0.679. The van der Waals surface area contributed by atoms with E-state index in [0.717, 1.165) is 30.9 Å². The van der Waals surface area contributed by atoms with Crippen molar-refractivity contribution in [3.63, 3.8) is 0 Å². The molecule has 0 aromatic carbocycles. The van der Waals surface area contributed by atoms with Crippen molar-refractivity contribution >= 4 is 17.7 Å². The van der Waals surface area contributed by atoms with E-state index < -0.39 is 0 Å². The minimum Gasteiger partial charge on any atom is -0.368 e. The van der Waals surface area contributed by atoms with E-state index in [1.165, 1.54) is 0 Å². The van der Waals surface area contributed by atoms with Crippen LogP contribution in [0.5, 0.6) is 0 Å². The van der Waals surface area contributed by atoms with Gasteiger partial charge in [0.1, 0.15) is 5.82 Å². The molecule has 0 atom stereocenters. The highest BCUT2D eigenvalue weighted by Gasteiger charge is 2.17. The first-order chi connectivity index (χ1) is 7.66. The average Bonchev–Trinajstić information content (AvgIpc) is 2.46. The Labute approximate surface area is 93.9 Å². The van der Waals surface area contributed by atoms with Crippen LogP contribution < -0.4 is 16.0 Å². The number of hydrogen-bond donors (Lipinski definition) is 2. The Kier molecular flexibility index (Phi) is 2.89. The lowest BCUT2D eigenvalue weighted by molar-refractivity contribution is -0.119. The first kappa shape index (κ1) is 10.7. The van der Waals surface area contributed by atoms with Crippen molar-refractivity contribution in [2.24, 2.45) is 0 Å². The molecule has 1 fully saturated rings. The van der Waals surface area contributed by atoms with Crippen molar-refractivity contribution < 1.29 is 4.79 Å². The van der Waals surface area contributed by atoms with Gasteiger partial charge in [-0.2, -0.15) is 4.98 Å². The van der Waals surface area contributed by atoms with Crippen molar-refractivity contribution in [3.8, 4) is 0 Å². The fraction of sp³-hybridized carbons (Fsp3) is 0.500. The van der Waals surface area contributed by atoms with E-state index in [1.807, 2.05) is 11.8 Å². The molecule has 2 heterocycles. The molecular formula is C10H15N5O. The molecule has 6 heteroatoms. The van der Waals surface area contributed by atoms with Crippen LogP contribution in [0.25, 0.3) is 0 Å². The highest BCUT2D eigenvalue weighted by atomic mass is 16.2. The number of nitrogens with one attached hydrogen (secondary N) is 1. The second-order valence-electron chi connectivity index (χ2n) is 3.86. The molecule has 0 spiro atoms. The molecule has 1 aliphatic rings. The molecule has 0 unspecified atom stereocenters. The monoisotopic (exact) mass is 221 g/mol. The Balaban J connectivity index is 2.27. The standard InChI is InChI=1S/C10H15N5O/c1-7-5-13-10(11)14-9(7)15-4-2-3-12-8(16)6-15/h5H,2-4,6H2,1H3,(H,12,16)(H2,11,13,14). The molecule has 1 saturated heterocycles. The van der Waals surface area contributed by atoms with E-state index >= 15 is 0 Å². The second kappa shape index (κ2) is 4.34. The van der Waals surface area contributed by atoms with E-state index in [1.54, 1.807) is 6.20 Å². The number of aromatic nitrogens is 2. The number of aryl methyl sites for hydroxylation is 1. The number of nitrogens with zero attached hydrogens (tertiary/aromatic N) is 3. The van der Waals surface area contributed by atoms with Gasteiger partial charge < -0.3 is 16.0 Å².